The van der Waals surface area contributed by atoms with Crippen LogP contribution in [0, 0.1) is 5.92 Å². The lowest BCUT2D eigenvalue weighted by Crippen LogP contribution is -1.96. The molecule has 1 aromatic carbocycles. The maximum atomic E-state index is 10.0. The van der Waals surface area contributed by atoms with Gasteiger partial charge in [0.1, 0.15) is 23.2 Å². The molecular formula is C13H13BrO3. The second-order valence-corrected chi connectivity index (χ2v) is 5.31. The molecule has 2 aromatic rings. The first-order valence-corrected chi connectivity index (χ1v) is 6.43. The van der Waals surface area contributed by atoms with Crippen LogP contribution in [-0.4, -0.2) is 12.2 Å². The van der Waals surface area contributed by atoms with Crippen molar-refractivity contribution in [2.24, 2.45) is 5.92 Å². The molecular weight excluding hydrogens is 284 g/mol. The van der Waals surface area contributed by atoms with E-state index in [1.165, 1.54) is 0 Å². The van der Waals surface area contributed by atoms with Gasteiger partial charge in [0.05, 0.1) is 11.6 Å². The summed E-state index contributed by atoms with van der Waals surface area (Å²) in [6.07, 6.45) is 1.70. The van der Waals surface area contributed by atoms with Crippen molar-refractivity contribution in [1.29, 1.82) is 0 Å². The highest BCUT2D eigenvalue weighted by Gasteiger charge is 2.33. The van der Waals surface area contributed by atoms with Crippen LogP contribution >= 0.6 is 15.9 Å². The van der Waals surface area contributed by atoms with Gasteiger partial charge in [-0.2, -0.15) is 0 Å². The number of benzene rings is 1. The number of halogens is 1. The van der Waals surface area contributed by atoms with Gasteiger partial charge in [0.15, 0.2) is 0 Å². The third-order valence-electron chi connectivity index (χ3n) is 3.16. The average Bonchev–Trinajstić information content (AvgIpc) is 3.07. The van der Waals surface area contributed by atoms with Gasteiger partial charge in [-0.1, -0.05) is 0 Å². The van der Waals surface area contributed by atoms with Crippen LogP contribution in [0.1, 0.15) is 24.7 Å². The lowest BCUT2D eigenvalue weighted by atomic mass is 10.1. The summed E-state index contributed by atoms with van der Waals surface area (Å²) in [7, 11) is 1.63. The lowest BCUT2D eigenvalue weighted by Gasteiger charge is -2.03. The molecule has 1 saturated carbocycles. The number of rotatable bonds is 3. The molecule has 17 heavy (non-hydrogen) atoms. The van der Waals surface area contributed by atoms with Crippen molar-refractivity contribution < 1.29 is 14.3 Å². The fourth-order valence-corrected chi connectivity index (χ4v) is 2.55. The summed E-state index contributed by atoms with van der Waals surface area (Å²) >= 11 is 3.45. The Kier molecular flexibility index (Phi) is 2.64. The van der Waals surface area contributed by atoms with Crippen molar-refractivity contribution >= 4 is 26.9 Å². The SMILES string of the molecule is COc1cc(Br)c2oc(C(O)C3CC3)cc2c1. The van der Waals surface area contributed by atoms with Crippen molar-refractivity contribution in [1.82, 2.24) is 0 Å². The second kappa shape index (κ2) is 4.03. The van der Waals surface area contributed by atoms with Gasteiger partial charge in [-0.3, -0.25) is 0 Å². The molecule has 4 heteroatoms. The molecule has 1 fully saturated rings. The van der Waals surface area contributed by atoms with Crippen molar-refractivity contribution in [3.8, 4) is 5.75 Å². The third kappa shape index (κ3) is 1.96. The van der Waals surface area contributed by atoms with E-state index in [2.05, 4.69) is 15.9 Å². The minimum absolute atomic E-state index is 0.372. The van der Waals surface area contributed by atoms with E-state index in [0.717, 1.165) is 34.0 Å². The number of ether oxygens (including phenoxy) is 1. The Morgan fingerprint density at radius 2 is 2.18 bits per heavy atom. The smallest absolute Gasteiger partial charge is 0.148 e. The van der Waals surface area contributed by atoms with Gasteiger partial charge in [-0.25, -0.2) is 0 Å². The summed E-state index contributed by atoms with van der Waals surface area (Å²) in [5.74, 6) is 1.80. The van der Waals surface area contributed by atoms with E-state index < -0.39 is 6.10 Å². The summed E-state index contributed by atoms with van der Waals surface area (Å²) in [6, 6.07) is 5.66. The Hall–Kier alpha value is -1.00. The minimum atomic E-state index is -0.472. The van der Waals surface area contributed by atoms with Gasteiger partial charge in [-0.15, -0.1) is 0 Å². The summed E-state index contributed by atoms with van der Waals surface area (Å²) < 4.78 is 11.8. The quantitative estimate of drug-likeness (QED) is 0.940. The van der Waals surface area contributed by atoms with Crippen LogP contribution in [-0.2, 0) is 0 Å². The van der Waals surface area contributed by atoms with Crippen LogP contribution in [0.4, 0.5) is 0 Å². The predicted molar refractivity (Wildman–Crippen MR) is 68.1 cm³/mol. The van der Waals surface area contributed by atoms with Crippen LogP contribution < -0.4 is 4.74 Å². The molecule has 3 rings (SSSR count). The van der Waals surface area contributed by atoms with E-state index in [-0.39, 0.29) is 0 Å². The first-order valence-electron chi connectivity index (χ1n) is 5.64. The summed E-state index contributed by atoms with van der Waals surface area (Å²) in [5, 5.41) is 11.0. The molecule has 0 radical (unpaired) electrons. The molecule has 3 nitrogen and oxygen atoms in total. The zero-order valence-electron chi connectivity index (χ0n) is 9.44. The van der Waals surface area contributed by atoms with Gasteiger partial charge in [-0.05, 0) is 52.9 Å². The summed E-state index contributed by atoms with van der Waals surface area (Å²) in [6.45, 7) is 0. The largest absolute Gasteiger partial charge is 0.497 e. The van der Waals surface area contributed by atoms with E-state index in [1.807, 2.05) is 18.2 Å². The standard InChI is InChI=1S/C13H13BrO3/c1-16-9-4-8-5-11(12(15)7-2-3-7)17-13(8)10(14)6-9/h4-7,12,15H,2-3H2,1H3. The van der Waals surface area contributed by atoms with Crippen LogP contribution in [0.2, 0.25) is 0 Å². The topological polar surface area (TPSA) is 42.6 Å². The molecule has 0 saturated heterocycles. The number of aliphatic hydroxyl groups is 1. The molecule has 1 unspecified atom stereocenters. The van der Waals surface area contributed by atoms with Gasteiger partial charge in [0, 0.05) is 5.39 Å². The van der Waals surface area contributed by atoms with Crippen LogP contribution in [0.15, 0.2) is 27.1 Å². The molecule has 1 aliphatic carbocycles. The van der Waals surface area contributed by atoms with E-state index in [4.69, 9.17) is 9.15 Å². The zero-order chi connectivity index (χ0) is 12.0. The van der Waals surface area contributed by atoms with Crippen LogP contribution in [0.3, 0.4) is 0 Å². The Morgan fingerprint density at radius 1 is 1.41 bits per heavy atom. The Bertz CT molecular complexity index is 557. The van der Waals surface area contributed by atoms with Crippen molar-refractivity contribution in [2.45, 2.75) is 18.9 Å². The van der Waals surface area contributed by atoms with Crippen molar-refractivity contribution in [3.05, 3.63) is 28.4 Å². The molecule has 90 valence electrons. The van der Waals surface area contributed by atoms with Crippen LogP contribution in [0.5, 0.6) is 5.75 Å². The molecule has 0 aliphatic heterocycles. The first kappa shape index (κ1) is 11.1. The third-order valence-corrected chi connectivity index (χ3v) is 3.75. The van der Waals surface area contributed by atoms with E-state index in [1.54, 1.807) is 7.11 Å². The first-order chi connectivity index (χ1) is 8.19. The van der Waals surface area contributed by atoms with Crippen molar-refractivity contribution in [3.63, 3.8) is 0 Å². The molecule has 1 aromatic heterocycles. The number of aliphatic hydroxyl groups excluding tert-OH is 1. The van der Waals surface area contributed by atoms with Crippen molar-refractivity contribution in [2.75, 3.05) is 7.11 Å². The Labute approximate surface area is 108 Å². The highest BCUT2D eigenvalue weighted by Crippen LogP contribution is 2.43. The normalized spacial score (nSPS) is 17.4. The van der Waals surface area contributed by atoms with Gasteiger partial charge in [0.2, 0.25) is 0 Å². The fourth-order valence-electron chi connectivity index (χ4n) is 2.01. The molecule has 1 heterocycles. The monoisotopic (exact) mass is 296 g/mol. The average molecular weight is 297 g/mol. The molecule has 0 bridgehead atoms. The number of furan rings is 1. The number of methoxy groups -OCH3 is 1. The highest BCUT2D eigenvalue weighted by molar-refractivity contribution is 9.10. The summed E-state index contributed by atoms with van der Waals surface area (Å²) in [5.41, 5.74) is 0.764. The van der Waals surface area contributed by atoms with Gasteiger partial charge >= 0.3 is 0 Å². The molecule has 1 N–H and O–H groups in total. The number of hydrogen-bond donors (Lipinski definition) is 1. The second-order valence-electron chi connectivity index (χ2n) is 4.46. The molecule has 1 aliphatic rings. The summed E-state index contributed by atoms with van der Waals surface area (Å²) in [4.78, 5) is 0. The zero-order valence-corrected chi connectivity index (χ0v) is 11.0. The maximum absolute atomic E-state index is 10.0. The lowest BCUT2D eigenvalue weighted by molar-refractivity contribution is 0.129. The predicted octanol–water partition coefficient (Wildman–Crippen LogP) is 3.65. The Morgan fingerprint density at radius 3 is 2.82 bits per heavy atom. The number of fused-ring (bicyclic) bond motifs is 1. The Balaban J connectivity index is 2.08. The van der Waals surface area contributed by atoms with E-state index in [9.17, 15) is 5.11 Å². The molecule has 0 amide bonds. The van der Waals surface area contributed by atoms with Gasteiger partial charge in [0.25, 0.3) is 0 Å². The molecule has 1 atom stereocenters. The van der Waals surface area contributed by atoms with E-state index in [0.29, 0.717) is 11.7 Å². The maximum Gasteiger partial charge on any atom is 0.148 e. The van der Waals surface area contributed by atoms with Crippen LogP contribution in [0.25, 0.3) is 11.0 Å². The fraction of sp³-hybridized carbons (Fsp3) is 0.385. The number of hydrogen-bond acceptors (Lipinski definition) is 3. The highest BCUT2D eigenvalue weighted by atomic mass is 79.9. The van der Waals surface area contributed by atoms with E-state index >= 15 is 0 Å². The molecule has 0 spiro atoms. The minimum Gasteiger partial charge on any atom is -0.497 e. The van der Waals surface area contributed by atoms with Gasteiger partial charge < -0.3 is 14.3 Å².